The monoisotopic (exact) mass is 426 g/mol. The van der Waals surface area contributed by atoms with Crippen molar-refractivity contribution in [3.63, 3.8) is 0 Å². The first kappa shape index (κ1) is 18.9. The van der Waals surface area contributed by atoms with Gasteiger partial charge in [-0.25, -0.2) is 9.12 Å². The highest BCUT2D eigenvalue weighted by Crippen LogP contribution is 2.47. The molecular weight excluding hydrogens is 400 g/mol. The number of nitrogens with one attached hydrogen (secondary N) is 1. The van der Waals surface area contributed by atoms with E-state index in [1.54, 1.807) is 10.4 Å². The van der Waals surface area contributed by atoms with Gasteiger partial charge in [0.05, 0.1) is 23.9 Å². The second-order valence-electron chi connectivity index (χ2n) is 8.44. The molecule has 28 heavy (non-hydrogen) atoms. The predicted molar refractivity (Wildman–Crippen MR) is 127 cm³/mol. The van der Waals surface area contributed by atoms with Gasteiger partial charge in [0.2, 0.25) is 0 Å². The molecule has 0 saturated carbocycles. The van der Waals surface area contributed by atoms with Crippen LogP contribution >= 0.6 is 34.8 Å². The normalized spacial score (nSPS) is 22.6. The van der Waals surface area contributed by atoms with Crippen LogP contribution in [0.25, 0.3) is 11.1 Å². The highest BCUT2D eigenvalue weighted by molar-refractivity contribution is 7.96. The van der Waals surface area contributed by atoms with Crippen LogP contribution < -0.4 is 4.72 Å². The molecule has 5 heteroatoms. The molecule has 2 aliphatic carbocycles. The van der Waals surface area contributed by atoms with Gasteiger partial charge >= 0.3 is 0 Å². The van der Waals surface area contributed by atoms with Crippen LogP contribution in [-0.2, 0) is 24.7 Å². The first-order valence-electron chi connectivity index (χ1n) is 10.2. The van der Waals surface area contributed by atoms with Gasteiger partial charge in [0.15, 0.2) is 0 Å². The minimum Gasteiger partial charge on any atom is -0.231 e. The zero-order valence-electron chi connectivity index (χ0n) is 16.9. The number of fused-ring (bicyclic) bond motifs is 2. The van der Waals surface area contributed by atoms with E-state index in [4.69, 9.17) is 4.40 Å². The van der Waals surface area contributed by atoms with E-state index in [2.05, 4.69) is 56.7 Å². The average molecular weight is 427 g/mol. The van der Waals surface area contributed by atoms with E-state index in [1.807, 2.05) is 22.7 Å². The molecule has 0 amide bonds. The Bertz CT molecular complexity index is 1010. The maximum absolute atomic E-state index is 4.80. The van der Waals surface area contributed by atoms with E-state index in [0.717, 1.165) is 12.8 Å². The lowest BCUT2D eigenvalue weighted by Gasteiger charge is -2.22. The standard InChI is InChI=1S/C23H26N2S3/c1-5-13-11-18(26-17(13)6-2)15-7-8-16(21-20(15)24-28-25-21)19-12-14-9-10-23(3,4)22(14)27-19/h7-8,11-12,21,25H,5-6,9-10H2,1-4H3. The quantitative estimate of drug-likeness (QED) is 0.556. The fourth-order valence-corrected chi connectivity index (χ4v) is 7.85. The van der Waals surface area contributed by atoms with Crippen molar-refractivity contribution in [1.82, 2.24) is 4.72 Å². The Hall–Kier alpha value is -1.14. The van der Waals surface area contributed by atoms with E-state index < -0.39 is 0 Å². The lowest BCUT2D eigenvalue weighted by atomic mass is 9.89. The summed E-state index contributed by atoms with van der Waals surface area (Å²) in [6.45, 7) is 9.28. The van der Waals surface area contributed by atoms with Crippen LogP contribution in [0.15, 0.2) is 28.7 Å². The van der Waals surface area contributed by atoms with Gasteiger partial charge in [-0.1, -0.05) is 39.8 Å². The Morgan fingerprint density at radius 2 is 1.96 bits per heavy atom. The van der Waals surface area contributed by atoms with Crippen LogP contribution in [-0.4, -0.2) is 11.8 Å². The summed E-state index contributed by atoms with van der Waals surface area (Å²) >= 11 is 5.43. The summed E-state index contributed by atoms with van der Waals surface area (Å²) in [6.07, 6.45) is 9.35. The van der Waals surface area contributed by atoms with Crippen LogP contribution in [0.5, 0.6) is 0 Å². The fraction of sp³-hybridized carbons (Fsp3) is 0.435. The van der Waals surface area contributed by atoms with Crippen molar-refractivity contribution in [3.8, 4) is 0 Å². The summed E-state index contributed by atoms with van der Waals surface area (Å²) in [7, 11) is 0. The first-order chi connectivity index (χ1) is 13.5. The van der Waals surface area contributed by atoms with Crippen molar-refractivity contribution < 1.29 is 0 Å². The van der Waals surface area contributed by atoms with Gasteiger partial charge in [-0.3, -0.25) is 0 Å². The third kappa shape index (κ3) is 2.90. The number of hydrogen-bond acceptors (Lipinski definition) is 5. The van der Waals surface area contributed by atoms with E-state index in [-0.39, 0.29) is 6.04 Å². The molecule has 0 radical (unpaired) electrons. The smallest absolute Gasteiger partial charge is 0.0887 e. The van der Waals surface area contributed by atoms with Gasteiger partial charge in [-0.05, 0) is 59.9 Å². The number of aryl methyl sites for hydroxylation is 3. The molecule has 0 spiro atoms. The number of rotatable bonds is 4. The molecule has 0 aromatic carbocycles. The second-order valence-corrected chi connectivity index (χ2v) is 11.2. The Morgan fingerprint density at radius 3 is 2.68 bits per heavy atom. The molecule has 3 aliphatic rings. The van der Waals surface area contributed by atoms with Crippen LogP contribution in [0.1, 0.15) is 64.8 Å². The van der Waals surface area contributed by atoms with Crippen molar-refractivity contribution >= 4 is 51.7 Å². The SMILES string of the molecule is CCc1cc(C2=CC=C(c3cc4c(s3)C(C)(C)CC4)C3NSN=C23)sc1CC. The van der Waals surface area contributed by atoms with Crippen LogP contribution in [0.3, 0.4) is 0 Å². The summed E-state index contributed by atoms with van der Waals surface area (Å²) in [4.78, 5) is 5.88. The molecule has 2 aromatic rings. The van der Waals surface area contributed by atoms with Gasteiger partial charge in [0.1, 0.15) is 0 Å². The maximum atomic E-state index is 4.80. The van der Waals surface area contributed by atoms with Gasteiger partial charge in [0.25, 0.3) is 0 Å². The summed E-state index contributed by atoms with van der Waals surface area (Å²) in [5.74, 6) is 0. The number of thiophene rings is 2. The summed E-state index contributed by atoms with van der Waals surface area (Å²) in [5, 5.41) is 0. The molecular formula is C23H26N2S3. The fourth-order valence-electron chi connectivity index (χ4n) is 4.53. The Balaban J connectivity index is 1.56. The highest BCUT2D eigenvalue weighted by atomic mass is 32.2. The third-order valence-corrected chi connectivity index (χ3v) is 9.77. The average Bonchev–Trinajstić information content (AvgIpc) is 3.45. The molecule has 3 heterocycles. The zero-order chi connectivity index (χ0) is 19.5. The van der Waals surface area contributed by atoms with Gasteiger partial charge in [0, 0.05) is 25.1 Å². The molecule has 1 atom stereocenters. The minimum absolute atomic E-state index is 0.198. The van der Waals surface area contributed by atoms with Crippen LogP contribution in [0.4, 0.5) is 0 Å². The Labute approximate surface area is 180 Å². The Morgan fingerprint density at radius 1 is 1.11 bits per heavy atom. The van der Waals surface area contributed by atoms with Crippen LogP contribution in [0.2, 0.25) is 0 Å². The van der Waals surface area contributed by atoms with E-state index in [1.165, 1.54) is 62.0 Å². The topological polar surface area (TPSA) is 24.4 Å². The van der Waals surface area contributed by atoms with Crippen molar-refractivity contribution in [1.29, 1.82) is 0 Å². The molecule has 0 saturated heterocycles. The molecule has 1 aliphatic heterocycles. The lowest BCUT2D eigenvalue weighted by Crippen LogP contribution is -2.31. The lowest BCUT2D eigenvalue weighted by molar-refractivity contribution is 0.530. The van der Waals surface area contributed by atoms with Crippen molar-refractivity contribution in [3.05, 3.63) is 54.9 Å². The number of hydrogen-bond donors (Lipinski definition) is 1. The van der Waals surface area contributed by atoms with E-state index >= 15 is 0 Å². The summed E-state index contributed by atoms with van der Waals surface area (Å²) in [6, 6.07) is 5.03. The molecule has 5 rings (SSSR count). The number of nitrogens with zero attached hydrogens (tertiary/aromatic N) is 1. The second kappa shape index (κ2) is 6.98. The van der Waals surface area contributed by atoms with Gasteiger partial charge < -0.3 is 0 Å². The molecule has 0 bridgehead atoms. The summed E-state index contributed by atoms with van der Waals surface area (Å²) < 4.78 is 8.36. The Kier molecular flexibility index (Phi) is 4.70. The first-order valence-corrected chi connectivity index (χ1v) is 12.6. The summed E-state index contributed by atoms with van der Waals surface area (Å²) in [5.41, 5.74) is 7.25. The zero-order valence-corrected chi connectivity index (χ0v) is 19.3. The minimum atomic E-state index is 0.198. The molecule has 2 aromatic heterocycles. The predicted octanol–water partition coefficient (Wildman–Crippen LogP) is 6.61. The molecule has 1 N–H and O–H groups in total. The molecule has 146 valence electrons. The van der Waals surface area contributed by atoms with Crippen molar-refractivity contribution in [2.45, 2.75) is 64.8 Å². The van der Waals surface area contributed by atoms with Gasteiger partial charge in [-0.15, -0.1) is 22.7 Å². The van der Waals surface area contributed by atoms with Crippen molar-refractivity contribution in [2.75, 3.05) is 0 Å². The molecule has 2 nitrogen and oxygen atoms in total. The molecule has 0 fully saturated rings. The highest BCUT2D eigenvalue weighted by Gasteiger charge is 2.36. The number of allylic oxidation sites excluding steroid dienone is 2. The maximum Gasteiger partial charge on any atom is 0.0887 e. The van der Waals surface area contributed by atoms with E-state index in [9.17, 15) is 0 Å². The largest absolute Gasteiger partial charge is 0.231 e. The molecule has 1 unspecified atom stereocenters. The van der Waals surface area contributed by atoms with Gasteiger partial charge in [-0.2, -0.15) is 0 Å². The van der Waals surface area contributed by atoms with E-state index in [0.29, 0.717) is 5.41 Å². The van der Waals surface area contributed by atoms with Crippen molar-refractivity contribution in [2.24, 2.45) is 4.40 Å². The third-order valence-electron chi connectivity index (χ3n) is 6.20. The van der Waals surface area contributed by atoms with Crippen LogP contribution in [0, 0.1) is 0 Å².